The van der Waals surface area contributed by atoms with Crippen LogP contribution in [0.5, 0.6) is 0 Å². The second-order valence-electron chi connectivity index (χ2n) is 5.51. The Kier molecular flexibility index (Phi) is 8.12. The Bertz CT molecular complexity index is 432. The number of rotatable bonds is 6. The van der Waals surface area contributed by atoms with Gasteiger partial charge in [-0.1, -0.05) is 13.8 Å². The summed E-state index contributed by atoms with van der Waals surface area (Å²) < 4.78 is 23.6. The van der Waals surface area contributed by atoms with Crippen LogP contribution in [-0.4, -0.2) is 43.8 Å². The van der Waals surface area contributed by atoms with Crippen molar-refractivity contribution in [2.24, 2.45) is 16.8 Å². The third-order valence-corrected chi connectivity index (χ3v) is 5.29. The summed E-state index contributed by atoms with van der Waals surface area (Å²) in [6.45, 7) is 5.05. The first-order valence-electron chi connectivity index (χ1n) is 7.06. The van der Waals surface area contributed by atoms with Crippen molar-refractivity contribution in [1.82, 2.24) is 9.62 Å². The molecule has 5 N–H and O–H groups in total. The first kappa shape index (κ1) is 20.6. The molecule has 9 heteroatoms. The molecule has 1 fully saturated rings. The Balaban J connectivity index is 0.00000400. The lowest BCUT2D eigenvalue weighted by atomic mass is 9.93. The zero-order valence-corrected chi connectivity index (χ0v) is 14.3. The molecule has 1 rings (SSSR count). The van der Waals surface area contributed by atoms with Crippen LogP contribution in [0.15, 0.2) is 0 Å². The maximum absolute atomic E-state index is 12.1. The number of nitrogens with two attached hydrogens (primary N) is 2. The third-order valence-electron chi connectivity index (χ3n) is 4.21. The maximum atomic E-state index is 12.1. The number of carbonyl (C=O) groups is 1. The van der Waals surface area contributed by atoms with E-state index in [0.717, 1.165) is 12.8 Å². The lowest BCUT2D eigenvalue weighted by Gasteiger charge is -2.31. The molecule has 1 aliphatic heterocycles. The van der Waals surface area contributed by atoms with Crippen molar-refractivity contribution in [3.05, 3.63) is 0 Å². The summed E-state index contributed by atoms with van der Waals surface area (Å²) in [6, 6.07) is 0. The molecular weight excluding hydrogens is 316 g/mol. The zero-order valence-electron chi connectivity index (χ0n) is 12.7. The highest BCUT2D eigenvalue weighted by Gasteiger charge is 2.30. The fourth-order valence-corrected chi connectivity index (χ4v) is 3.00. The lowest BCUT2D eigenvalue weighted by molar-refractivity contribution is -0.126. The van der Waals surface area contributed by atoms with Crippen molar-refractivity contribution in [2.45, 2.75) is 45.1 Å². The monoisotopic (exact) mass is 342 g/mol. The van der Waals surface area contributed by atoms with E-state index in [4.69, 9.17) is 10.9 Å². The van der Waals surface area contributed by atoms with Gasteiger partial charge in [0.1, 0.15) is 0 Å². The minimum Gasteiger partial charge on any atom is -0.354 e. The van der Waals surface area contributed by atoms with Crippen LogP contribution in [0.25, 0.3) is 0 Å². The Hall–Kier alpha value is -0.410. The Morgan fingerprint density at radius 2 is 1.76 bits per heavy atom. The van der Waals surface area contributed by atoms with Gasteiger partial charge >= 0.3 is 0 Å². The molecule has 1 heterocycles. The van der Waals surface area contributed by atoms with Gasteiger partial charge in [-0.05, 0) is 25.7 Å². The van der Waals surface area contributed by atoms with Gasteiger partial charge in [0.25, 0.3) is 10.2 Å². The van der Waals surface area contributed by atoms with Gasteiger partial charge in [0.05, 0.1) is 0 Å². The first-order valence-corrected chi connectivity index (χ1v) is 8.56. The Morgan fingerprint density at radius 3 is 2.14 bits per heavy atom. The van der Waals surface area contributed by atoms with Crippen molar-refractivity contribution >= 4 is 28.5 Å². The van der Waals surface area contributed by atoms with E-state index in [2.05, 4.69) is 5.32 Å². The standard InChI is InChI=1S/C12H26N4O3S.ClH/c1-3-12(13,4-2)9-15-11(17)10-5-7-16(8-6-10)20(14,18)19;/h10H,3-9,13H2,1-2H3,(H,15,17)(H2,14,18,19);1H. The molecule has 0 bridgehead atoms. The predicted molar refractivity (Wildman–Crippen MR) is 85.2 cm³/mol. The number of amides is 1. The van der Waals surface area contributed by atoms with Crippen molar-refractivity contribution in [3.8, 4) is 0 Å². The highest BCUT2D eigenvalue weighted by Crippen LogP contribution is 2.19. The van der Waals surface area contributed by atoms with Crippen molar-refractivity contribution < 1.29 is 13.2 Å². The molecule has 1 amide bonds. The largest absolute Gasteiger partial charge is 0.354 e. The summed E-state index contributed by atoms with van der Waals surface area (Å²) in [5.74, 6) is -0.207. The molecule has 0 aromatic carbocycles. The van der Waals surface area contributed by atoms with Gasteiger partial charge < -0.3 is 11.1 Å². The van der Waals surface area contributed by atoms with Crippen LogP contribution in [0, 0.1) is 5.92 Å². The molecule has 1 saturated heterocycles. The summed E-state index contributed by atoms with van der Waals surface area (Å²) in [4.78, 5) is 12.1. The molecule has 0 unspecified atom stereocenters. The molecule has 21 heavy (non-hydrogen) atoms. The molecule has 0 spiro atoms. The summed E-state index contributed by atoms with van der Waals surface area (Å²) in [5, 5.41) is 7.95. The smallest absolute Gasteiger partial charge is 0.276 e. The molecule has 0 aromatic rings. The van der Waals surface area contributed by atoms with Crippen molar-refractivity contribution in [3.63, 3.8) is 0 Å². The molecule has 1 aliphatic rings. The summed E-state index contributed by atoms with van der Waals surface area (Å²) >= 11 is 0. The highest BCUT2D eigenvalue weighted by molar-refractivity contribution is 7.86. The summed E-state index contributed by atoms with van der Waals surface area (Å²) in [5.41, 5.74) is 5.77. The minimum atomic E-state index is -3.64. The molecule has 0 saturated carbocycles. The van der Waals surface area contributed by atoms with Gasteiger partial charge in [0, 0.05) is 31.1 Å². The number of hydrogen-bond donors (Lipinski definition) is 3. The molecule has 126 valence electrons. The Morgan fingerprint density at radius 1 is 1.29 bits per heavy atom. The van der Waals surface area contributed by atoms with Gasteiger partial charge in [-0.15, -0.1) is 12.4 Å². The quantitative estimate of drug-likeness (QED) is 0.627. The number of nitrogens with zero attached hydrogens (tertiary/aromatic N) is 1. The van der Waals surface area contributed by atoms with Crippen LogP contribution in [0.4, 0.5) is 0 Å². The molecule has 0 aliphatic carbocycles. The van der Waals surface area contributed by atoms with E-state index in [-0.39, 0.29) is 29.8 Å². The second kappa shape index (κ2) is 8.28. The third kappa shape index (κ3) is 6.07. The predicted octanol–water partition coefficient (Wildman–Crippen LogP) is -0.0426. The van der Waals surface area contributed by atoms with Crippen molar-refractivity contribution in [1.29, 1.82) is 0 Å². The molecular formula is C12H27ClN4O3S. The van der Waals surface area contributed by atoms with Crippen LogP contribution in [0.3, 0.4) is 0 Å². The number of hydrogen-bond acceptors (Lipinski definition) is 4. The summed E-state index contributed by atoms with van der Waals surface area (Å²) in [7, 11) is -3.64. The molecule has 7 nitrogen and oxygen atoms in total. The van der Waals surface area contributed by atoms with E-state index in [0.29, 0.717) is 32.5 Å². The number of carbonyl (C=O) groups excluding carboxylic acids is 1. The van der Waals surface area contributed by atoms with Gasteiger partial charge in [-0.3, -0.25) is 4.79 Å². The van der Waals surface area contributed by atoms with Crippen LogP contribution in [0.1, 0.15) is 39.5 Å². The van der Waals surface area contributed by atoms with E-state index in [1.807, 2.05) is 13.8 Å². The number of halogens is 1. The van der Waals surface area contributed by atoms with E-state index >= 15 is 0 Å². The van der Waals surface area contributed by atoms with Gasteiger partial charge in [-0.2, -0.15) is 12.7 Å². The van der Waals surface area contributed by atoms with Crippen LogP contribution in [0.2, 0.25) is 0 Å². The van der Waals surface area contributed by atoms with Gasteiger partial charge in [0.2, 0.25) is 5.91 Å². The molecule has 0 atom stereocenters. The number of piperidine rings is 1. The first-order chi connectivity index (χ1) is 9.22. The van der Waals surface area contributed by atoms with Crippen molar-refractivity contribution in [2.75, 3.05) is 19.6 Å². The van der Waals surface area contributed by atoms with E-state index in [1.54, 1.807) is 0 Å². The normalized spacial score (nSPS) is 18.1. The molecule has 0 aromatic heterocycles. The van der Waals surface area contributed by atoms with E-state index in [1.165, 1.54) is 4.31 Å². The van der Waals surface area contributed by atoms with E-state index < -0.39 is 10.2 Å². The average Bonchev–Trinajstić information content (AvgIpc) is 2.43. The second-order valence-corrected chi connectivity index (χ2v) is 7.05. The zero-order chi connectivity index (χ0) is 15.4. The lowest BCUT2D eigenvalue weighted by Crippen LogP contribution is -2.51. The maximum Gasteiger partial charge on any atom is 0.276 e. The van der Waals surface area contributed by atoms with Gasteiger partial charge in [0.15, 0.2) is 0 Å². The van der Waals surface area contributed by atoms with E-state index in [9.17, 15) is 13.2 Å². The van der Waals surface area contributed by atoms with Crippen LogP contribution in [-0.2, 0) is 15.0 Å². The highest BCUT2D eigenvalue weighted by atomic mass is 35.5. The fraction of sp³-hybridized carbons (Fsp3) is 0.917. The minimum absolute atomic E-state index is 0. The number of nitrogens with one attached hydrogen (secondary N) is 1. The average molecular weight is 343 g/mol. The fourth-order valence-electron chi connectivity index (χ4n) is 2.28. The van der Waals surface area contributed by atoms with Gasteiger partial charge in [-0.25, -0.2) is 5.14 Å². The van der Waals surface area contributed by atoms with Crippen LogP contribution < -0.4 is 16.2 Å². The van der Waals surface area contributed by atoms with Crippen LogP contribution >= 0.6 is 12.4 Å². The summed E-state index contributed by atoms with van der Waals surface area (Å²) in [6.07, 6.45) is 2.59. The topological polar surface area (TPSA) is 119 Å². The molecule has 0 radical (unpaired) electrons. The Labute approximate surface area is 133 Å². The SMILES string of the molecule is CCC(N)(CC)CNC(=O)C1CCN(S(N)(=O)=O)CC1.Cl.